The maximum atomic E-state index is 12.5. The van der Waals surface area contributed by atoms with Gasteiger partial charge in [-0.2, -0.15) is 0 Å². The molecule has 0 bridgehead atoms. The van der Waals surface area contributed by atoms with Crippen molar-refractivity contribution in [2.24, 2.45) is 22.5 Å². The molecule has 1 heterocycles. The number of nitrogens with two attached hydrogens (primary N) is 1. The minimum Gasteiger partial charge on any atom is -0.342 e. The van der Waals surface area contributed by atoms with Crippen molar-refractivity contribution < 1.29 is 4.79 Å². The van der Waals surface area contributed by atoms with Crippen LogP contribution in [0.4, 0.5) is 0 Å². The maximum absolute atomic E-state index is 12.5. The molecule has 0 aliphatic carbocycles. The van der Waals surface area contributed by atoms with E-state index in [-0.39, 0.29) is 10.8 Å². The molecule has 1 rings (SSSR count). The first-order valence-corrected chi connectivity index (χ1v) is 6.70. The van der Waals surface area contributed by atoms with E-state index in [2.05, 4.69) is 34.6 Å². The number of carbonyl (C=O) groups is 1. The Labute approximate surface area is 106 Å². The number of carbonyl (C=O) groups excluding carboxylic acids is 1. The summed E-state index contributed by atoms with van der Waals surface area (Å²) in [6.45, 7) is 13.0. The van der Waals surface area contributed by atoms with E-state index >= 15 is 0 Å². The summed E-state index contributed by atoms with van der Waals surface area (Å²) in [4.78, 5) is 14.5. The SMILES string of the molecule is CC(C)CC(C)(C)C(=O)N1CCC(C)(CN)C1. The van der Waals surface area contributed by atoms with Crippen molar-refractivity contribution in [3.63, 3.8) is 0 Å². The minimum absolute atomic E-state index is 0.129. The third-order valence-corrected chi connectivity index (χ3v) is 3.84. The molecule has 0 spiro atoms. The normalized spacial score (nSPS) is 25.7. The summed E-state index contributed by atoms with van der Waals surface area (Å²) < 4.78 is 0. The highest BCUT2D eigenvalue weighted by molar-refractivity contribution is 5.82. The Kier molecular flexibility index (Phi) is 4.23. The predicted molar refractivity (Wildman–Crippen MR) is 71.6 cm³/mol. The number of amides is 1. The predicted octanol–water partition coefficient (Wildman–Crippen LogP) is 2.26. The van der Waals surface area contributed by atoms with Crippen molar-refractivity contribution in [2.45, 2.75) is 47.5 Å². The standard InChI is InChI=1S/C14H28N2O/c1-11(2)8-13(3,4)12(17)16-7-6-14(5,9-15)10-16/h11H,6-10,15H2,1-5H3. The summed E-state index contributed by atoms with van der Waals surface area (Å²) in [6.07, 6.45) is 1.98. The number of likely N-dealkylation sites (tertiary alicyclic amines) is 1. The Bertz CT molecular complexity index is 286. The fourth-order valence-corrected chi connectivity index (χ4v) is 2.90. The molecule has 1 aliphatic heterocycles. The number of nitrogens with zero attached hydrogens (tertiary/aromatic N) is 1. The second-order valence-electron chi connectivity index (χ2n) is 6.97. The third kappa shape index (κ3) is 3.44. The molecule has 1 unspecified atom stereocenters. The van der Waals surface area contributed by atoms with E-state index in [1.54, 1.807) is 0 Å². The molecule has 1 fully saturated rings. The van der Waals surface area contributed by atoms with Gasteiger partial charge in [-0.1, -0.05) is 34.6 Å². The molecule has 1 atom stereocenters. The molecule has 1 saturated heterocycles. The van der Waals surface area contributed by atoms with E-state index in [0.29, 0.717) is 18.4 Å². The van der Waals surface area contributed by atoms with Crippen LogP contribution in [0.5, 0.6) is 0 Å². The molecule has 1 aliphatic rings. The summed E-state index contributed by atoms with van der Waals surface area (Å²) in [5.74, 6) is 0.848. The van der Waals surface area contributed by atoms with Gasteiger partial charge in [0.2, 0.25) is 5.91 Å². The Balaban J connectivity index is 2.66. The van der Waals surface area contributed by atoms with Crippen LogP contribution in [0.15, 0.2) is 0 Å². The smallest absolute Gasteiger partial charge is 0.228 e. The van der Waals surface area contributed by atoms with Crippen molar-refractivity contribution in [3.05, 3.63) is 0 Å². The molecular formula is C14H28N2O. The molecule has 0 aromatic heterocycles. The van der Waals surface area contributed by atoms with E-state index in [4.69, 9.17) is 5.73 Å². The van der Waals surface area contributed by atoms with Gasteiger partial charge in [0.25, 0.3) is 0 Å². The van der Waals surface area contributed by atoms with E-state index < -0.39 is 0 Å². The lowest BCUT2D eigenvalue weighted by Crippen LogP contribution is -2.42. The largest absolute Gasteiger partial charge is 0.342 e. The molecule has 1 amide bonds. The van der Waals surface area contributed by atoms with Crippen LogP contribution in [-0.4, -0.2) is 30.4 Å². The van der Waals surface area contributed by atoms with E-state index in [1.165, 1.54) is 0 Å². The van der Waals surface area contributed by atoms with Crippen molar-refractivity contribution >= 4 is 5.91 Å². The lowest BCUT2D eigenvalue weighted by atomic mass is 9.82. The molecule has 0 aromatic rings. The molecule has 3 nitrogen and oxygen atoms in total. The Hall–Kier alpha value is -0.570. The van der Waals surface area contributed by atoms with Gasteiger partial charge < -0.3 is 10.6 Å². The maximum Gasteiger partial charge on any atom is 0.228 e. The zero-order valence-corrected chi connectivity index (χ0v) is 12.0. The van der Waals surface area contributed by atoms with Gasteiger partial charge in [-0.15, -0.1) is 0 Å². The summed E-state index contributed by atoms with van der Waals surface area (Å²) in [5.41, 5.74) is 5.67. The zero-order valence-electron chi connectivity index (χ0n) is 12.0. The van der Waals surface area contributed by atoms with Crippen LogP contribution in [0.2, 0.25) is 0 Å². The topological polar surface area (TPSA) is 46.3 Å². The second-order valence-corrected chi connectivity index (χ2v) is 6.97. The lowest BCUT2D eigenvalue weighted by molar-refractivity contribution is -0.140. The van der Waals surface area contributed by atoms with E-state index in [0.717, 1.165) is 25.9 Å². The number of hydrogen-bond acceptors (Lipinski definition) is 2. The summed E-state index contributed by atoms with van der Waals surface area (Å²) in [5, 5.41) is 0. The van der Waals surface area contributed by atoms with Crippen LogP contribution in [0.3, 0.4) is 0 Å². The quantitative estimate of drug-likeness (QED) is 0.819. The third-order valence-electron chi connectivity index (χ3n) is 3.84. The Morgan fingerprint density at radius 2 is 2.06 bits per heavy atom. The van der Waals surface area contributed by atoms with Crippen molar-refractivity contribution in [2.75, 3.05) is 19.6 Å². The van der Waals surface area contributed by atoms with Crippen LogP contribution < -0.4 is 5.73 Å². The molecular weight excluding hydrogens is 212 g/mol. The summed E-state index contributed by atoms with van der Waals surface area (Å²) in [7, 11) is 0. The average Bonchev–Trinajstić information content (AvgIpc) is 2.59. The van der Waals surface area contributed by atoms with Gasteiger partial charge in [0, 0.05) is 18.5 Å². The number of hydrogen-bond donors (Lipinski definition) is 1. The van der Waals surface area contributed by atoms with Gasteiger partial charge in [0.15, 0.2) is 0 Å². The first kappa shape index (κ1) is 14.5. The van der Waals surface area contributed by atoms with E-state index in [9.17, 15) is 4.79 Å². The minimum atomic E-state index is -0.242. The van der Waals surface area contributed by atoms with Crippen LogP contribution in [0.1, 0.15) is 47.5 Å². The molecule has 100 valence electrons. The summed E-state index contributed by atoms with van der Waals surface area (Å²) in [6, 6.07) is 0. The van der Waals surface area contributed by atoms with Crippen LogP contribution in [0.25, 0.3) is 0 Å². The van der Waals surface area contributed by atoms with Crippen LogP contribution in [-0.2, 0) is 4.79 Å². The van der Waals surface area contributed by atoms with Gasteiger partial charge in [-0.05, 0) is 30.7 Å². The Morgan fingerprint density at radius 1 is 1.47 bits per heavy atom. The van der Waals surface area contributed by atoms with Gasteiger partial charge in [-0.25, -0.2) is 0 Å². The lowest BCUT2D eigenvalue weighted by Gasteiger charge is -2.31. The molecule has 2 N–H and O–H groups in total. The highest BCUT2D eigenvalue weighted by atomic mass is 16.2. The van der Waals surface area contributed by atoms with Crippen LogP contribution >= 0.6 is 0 Å². The van der Waals surface area contributed by atoms with Crippen molar-refractivity contribution in [1.82, 2.24) is 4.90 Å². The van der Waals surface area contributed by atoms with Gasteiger partial charge in [0.1, 0.15) is 0 Å². The fourth-order valence-electron chi connectivity index (χ4n) is 2.90. The molecule has 0 aromatic carbocycles. The number of rotatable bonds is 4. The van der Waals surface area contributed by atoms with E-state index in [1.807, 2.05) is 4.90 Å². The zero-order chi connectivity index (χ0) is 13.3. The van der Waals surface area contributed by atoms with Gasteiger partial charge in [0.05, 0.1) is 0 Å². The van der Waals surface area contributed by atoms with Crippen molar-refractivity contribution in [3.8, 4) is 0 Å². The van der Waals surface area contributed by atoms with Gasteiger partial charge >= 0.3 is 0 Å². The second kappa shape index (κ2) is 4.97. The van der Waals surface area contributed by atoms with Gasteiger partial charge in [-0.3, -0.25) is 4.79 Å². The molecule has 3 heteroatoms. The fraction of sp³-hybridized carbons (Fsp3) is 0.929. The highest BCUT2D eigenvalue weighted by Gasteiger charge is 2.40. The first-order valence-electron chi connectivity index (χ1n) is 6.70. The first-order chi connectivity index (χ1) is 7.70. The molecule has 0 saturated carbocycles. The van der Waals surface area contributed by atoms with Crippen LogP contribution in [0, 0.1) is 16.7 Å². The summed E-state index contributed by atoms with van der Waals surface area (Å²) >= 11 is 0. The monoisotopic (exact) mass is 240 g/mol. The van der Waals surface area contributed by atoms with Crippen molar-refractivity contribution in [1.29, 1.82) is 0 Å². The molecule has 17 heavy (non-hydrogen) atoms. The highest BCUT2D eigenvalue weighted by Crippen LogP contribution is 2.34. The average molecular weight is 240 g/mol. The molecule has 0 radical (unpaired) electrons. The Morgan fingerprint density at radius 3 is 2.47 bits per heavy atom.